The quantitative estimate of drug-likeness (QED) is 0.0110. The fourth-order valence-electron chi connectivity index (χ4n) is 6.24. The summed E-state index contributed by atoms with van der Waals surface area (Å²) >= 11 is 1.17. The zero-order chi connectivity index (χ0) is 48.2. The number of hydrogen-bond donors (Lipinski definition) is 6. The van der Waals surface area contributed by atoms with Gasteiger partial charge in [0, 0.05) is 23.8 Å². The van der Waals surface area contributed by atoms with Gasteiger partial charge < -0.3 is 40.5 Å². The summed E-state index contributed by atoms with van der Waals surface area (Å²) in [7, 11) is -4.78. The van der Waals surface area contributed by atoms with Gasteiger partial charge in [0.25, 0.3) is 0 Å². The van der Waals surface area contributed by atoms with Crippen molar-refractivity contribution in [1.29, 1.82) is 0 Å². The number of nitrogens with two attached hydrogens (primary N) is 1. The van der Waals surface area contributed by atoms with Crippen molar-refractivity contribution >= 4 is 37.5 Å². The van der Waals surface area contributed by atoms with E-state index in [0.717, 1.165) is 44.9 Å². The Morgan fingerprint density at radius 1 is 0.677 bits per heavy atom. The third kappa shape index (κ3) is 41.3. The van der Waals surface area contributed by atoms with Crippen molar-refractivity contribution in [2.24, 2.45) is 5.73 Å². The van der Waals surface area contributed by atoms with Gasteiger partial charge in [-0.15, -0.1) is 11.8 Å². The summed E-state index contributed by atoms with van der Waals surface area (Å²) in [6.07, 6.45) is 39.4. The minimum atomic E-state index is -4.78. The van der Waals surface area contributed by atoms with Crippen molar-refractivity contribution in [3.63, 3.8) is 0 Å². The molecule has 1 unspecified atom stereocenters. The molecule has 0 aliphatic heterocycles. The monoisotopic (exact) mass is 960 g/mol. The molecule has 16 heteroatoms. The van der Waals surface area contributed by atoms with E-state index in [2.05, 4.69) is 38.2 Å². The van der Waals surface area contributed by atoms with Gasteiger partial charge in [-0.25, -0.2) is 4.57 Å². The first kappa shape index (κ1) is 62.4. The number of carboxylic acids is 1. The molecule has 0 heterocycles. The van der Waals surface area contributed by atoms with Crippen molar-refractivity contribution in [2.45, 2.75) is 198 Å². The van der Waals surface area contributed by atoms with E-state index in [-0.39, 0.29) is 31.4 Å². The minimum absolute atomic E-state index is 0.0254. The SMILES string of the molecule is CCCCC/C=C\C\C=C/C=C/C=C/[C@@H](SC[C@H](N)C(=O)O[C@H](COC(=O)CCCCCCCCC/C=C\CCCCCCCC)COP(=O)(O)OC[C@@H](O)CO)[C@@H](O)CCCC(=O)O. The van der Waals surface area contributed by atoms with E-state index in [1.807, 2.05) is 18.2 Å². The first-order valence-electron chi connectivity index (χ1n) is 24.2. The zero-order valence-corrected chi connectivity index (χ0v) is 41.3. The van der Waals surface area contributed by atoms with E-state index in [4.69, 9.17) is 34.5 Å². The molecule has 0 aromatic carbocycles. The van der Waals surface area contributed by atoms with E-state index in [9.17, 15) is 34.1 Å². The lowest BCUT2D eigenvalue weighted by atomic mass is 10.1. The number of esters is 2. The van der Waals surface area contributed by atoms with Gasteiger partial charge in [-0.3, -0.25) is 23.4 Å². The van der Waals surface area contributed by atoms with Crippen molar-refractivity contribution in [1.82, 2.24) is 0 Å². The van der Waals surface area contributed by atoms with Crippen LogP contribution in [-0.4, -0.2) is 105 Å². The lowest BCUT2D eigenvalue weighted by Gasteiger charge is -2.23. The van der Waals surface area contributed by atoms with Crippen LogP contribution in [0.2, 0.25) is 0 Å². The minimum Gasteiger partial charge on any atom is -0.481 e. The number of carbonyl (C=O) groups is 3. The van der Waals surface area contributed by atoms with Crippen LogP contribution in [-0.2, 0) is 37.5 Å². The molecular weight excluding hydrogens is 874 g/mol. The maximum atomic E-state index is 13.2. The fraction of sp³-hybridized carbons (Fsp3) is 0.735. The number of phosphoric acid groups is 1. The van der Waals surface area contributed by atoms with E-state index in [1.165, 1.54) is 88.8 Å². The van der Waals surface area contributed by atoms with Crippen molar-refractivity contribution < 1.29 is 62.8 Å². The van der Waals surface area contributed by atoms with Crippen LogP contribution in [0.25, 0.3) is 0 Å². The fourth-order valence-corrected chi connectivity index (χ4v) is 8.15. The Bertz CT molecular complexity index is 1390. The molecule has 0 aliphatic carbocycles. The number of carbonyl (C=O) groups excluding carboxylic acids is 2. The zero-order valence-electron chi connectivity index (χ0n) is 39.6. The van der Waals surface area contributed by atoms with E-state index >= 15 is 0 Å². The summed E-state index contributed by atoms with van der Waals surface area (Å²) in [5, 5.41) is 37.9. The first-order valence-corrected chi connectivity index (χ1v) is 26.7. The Labute approximate surface area is 395 Å². The van der Waals surface area contributed by atoms with Gasteiger partial charge in [0.2, 0.25) is 0 Å². The number of ether oxygens (including phenoxy) is 2. The highest BCUT2D eigenvalue weighted by molar-refractivity contribution is 8.00. The number of phosphoric ester groups is 1. The highest BCUT2D eigenvalue weighted by atomic mass is 32.2. The van der Waals surface area contributed by atoms with Crippen molar-refractivity contribution in [3.8, 4) is 0 Å². The topological polar surface area (TPSA) is 232 Å². The molecule has 0 aromatic rings. The van der Waals surface area contributed by atoms with Gasteiger partial charge in [0.15, 0.2) is 6.10 Å². The summed E-state index contributed by atoms with van der Waals surface area (Å²) in [4.78, 5) is 46.9. The number of aliphatic hydroxyl groups is 3. The molecule has 65 heavy (non-hydrogen) atoms. The predicted molar refractivity (Wildman–Crippen MR) is 261 cm³/mol. The lowest BCUT2D eigenvalue weighted by molar-refractivity contribution is -0.161. The molecular formula is C49H86NO13PS. The number of thioether (sulfide) groups is 1. The van der Waals surface area contributed by atoms with Gasteiger partial charge >= 0.3 is 25.7 Å². The number of hydrogen-bond acceptors (Lipinski definition) is 13. The van der Waals surface area contributed by atoms with Crippen LogP contribution in [0.3, 0.4) is 0 Å². The molecule has 0 aliphatic rings. The maximum Gasteiger partial charge on any atom is 0.472 e. The first-order chi connectivity index (χ1) is 31.3. The number of aliphatic carboxylic acids is 1. The number of rotatable bonds is 45. The van der Waals surface area contributed by atoms with Crippen LogP contribution in [0.15, 0.2) is 60.8 Å². The molecule has 0 bridgehead atoms. The highest BCUT2D eigenvalue weighted by Crippen LogP contribution is 2.43. The van der Waals surface area contributed by atoms with E-state index in [1.54, 1.807) is 18.2 Å². The number of unbranched alkanes of at least 4 members (excludes halogenated alkanes) is 16. The van der Waals surface area contributed by atoms with Crippen LogP contribution in [0.5, 0.6) is 0 Å². The standard InChI is InChI=1S/C49H86NO13PS/c1-3-5-7-9-11-13-15-17-18-19-20-21-23-25-27-29-31-36-48(56)60-39-43(40-62-64(58,59)61-38-42(52)37-51)63-49(57)44(50)41-65-46(45(53)33-32-35-47(54)55)34-30-28-26-24-22-16-14-12-10-8-6-4-2/h12,14,17-18,22,24,26,28,30,34,42-46,51-53H,3-11,13,15-16,19-21,23,25,27,29,31-33,35-41,50H2,1-2H3,(H,54,55)(H,58,59)/b14-12-,18-17-,24-22-,28-26+,34-30+/t42-,43+,44-,45-,46+/m0/s1. The average molecular weight is 960 g/mol. The molecule has 0 amide bonds. The molecule has 14 nitrogen and oxygen atoms in total. The molecule has 0 spiro atoms. The summed E-state index contributed by atoms with van der Waals surface area (Å²) in [6, 6.07) is -1.24. The predicted octanol–water partition coefficient (Wildman–Crippen LogP) is 9.99. The van der Waals surface area contributed by atoms with Crippen LogP contribution in [0.4, 0.5) is 0 Å². The molecule has 0 rings (SSSR count). The van der Waals surface area contributed by atoms with Gasteiger partial charge in [-0.1, -0.05) is 152 Å². The van der Waals surface area contributed by atoms with Crippen LogP contribution < -0.4 is 5.73 Å². The van der Waals surface area contributed by atoms with Crippen molar-refractivity contribution in [3.05, 3.63) is 60.8 Å². The molecule has 7 N–H and O–H groups in total. The lowest BCUT2D eigenvalue weighted by Crippen LogP contribution is -2.40. The van der Waals surface area contributed by atoms with Crippen LogP contribution >= 0.6 is 19.6 Å². The van der Waals surface area contributed by atoms with E-state index in [0.29, 0.717) is 6.42 Å². The Balaban J connectivity index is 5.13. The third-order valence-electron chi connectivity index (χ3n) is 10.1. The van der Waals surface area contributed by atoms with Crippen LogP contribution in [0.1, 0.15) is 168 Å². The molecule has 0 saturated carbocycles. The Morgan fingerprint density at radius 2 is 1.23 bits per heavy atom. The van der Waals surface area contributed by atoms with Crippen molar-refractivity contribution in [2.75, 3.05) is 32.2 Å². The largest absolute Gasteiger partial charge is 0.481 e. The second-order valence-electron chi connectivity index (χ2n) is 16.3. The van der Waals surface area contributed by atoms with Gasteiger partial charge in [0.05, 0.1) is 25.9 Å². The second-order valence-corrected chi connectivity index (χ2v) is 19.0. The Morgan fingerprint density at radius 3 is 1.86 bits per heavy atom. The number of carboxylic acid groups (broad SMARTS) is 1. The van der Waals surface area contributed by atoms with Gasteiger partial charge in [-0.2, -0.15) is 0 Å². The highest BCUT2D eigenvalue weighted by Gasteiger charge is 2.29. The Hall–Kier alpha value is -2.59. The number of aliphatic hydroxyl groups excluding tert-OH is 3. The summed E-state index contributed by atoms with van der Waals surface area (Å²) in [6.45, 7) is 1.77. The Kier molecular flexibility index (Phi) is 42.2. The molecule has 0 fully saturated rings. The number of allylic oxidation sites excluding steroid dienone is 9. The summed E-state index contributed by atoms with van der Waals surface area (Å²) in [5.41, 5.74) is 6.19. The molecule has 6 atom stereocenters. The van der Waals surface area contributed by atoms with Gasteiger partial charge in [-0.05, 0) is 64.2 Å². The third-order valence-corrected chi connectivity index (χ3v) is 12.5. The van der Waals surface area contributed by atoms with E-state index < -0.39 is 81.8 Å². The maximum absolute atomic E-state index is 13.2. The van der Waals surface area contributed by atoms with Gasteiger partial charge in [0.1, 0.15) is 18.8 Å². The molecule has 0 aromatic heterocycles. The molecule has 376 valence electrons. The molecule has 0 radical (unpaired) electrons. The van der Waals surface area contributed by atoms with Crippen LogP contribution in [0, 0.1) is 0 Å². The second kappa shape index (κ2) is 43.9. The average Bonchev–Trinajstić information content (AvgIpc) is 3.28. The molecule has 0 saturated heterocycles. The summed E-state index contributed by atoms with van der Waals surface area (Å²) in [5.74, 6) is -2.47. The smallest absolute Gasteiger partial charge is 0.472 e. The normalized spacial score (nSPS) is 15.6. The summed E-state index contributed by atoms with van der Waals surface area (Å²) < 4.78 is 32.9.